The Morgan fingerprint density at radius 1 is 1.55 bits per heavy atom. The number of carbonyl (C=O) groups excluding carboxylic acids is 1. The number of amides is 1. The van der Waals surface area contributed by atoms with Gasteiger partial charge in [-0.1, -0.05) is 0 Å². The number of pyridine rings is 1. The number of aliphatic hydroxyl groups excluding tert-OH is 1. The molecule has 1 aromatic heterocycles. The minimum Gasteiger partial charge on any atom is -0.395 e. The Labute approximate surface area is 121 Å². The number of carbonyl (C=O) groups is 1. The van der Waals surface area contributed by atoms with Gasteiger partial charge in [0.2, 0.25) is 0 Å². The smallest absolute Gasteiger partial charge is 0.395 e. The lowest BCUT2D eigenvalue weighted by Gasteiger charge is -2.23. The van der Waals surface area contributed by atoms with E-state index in [0.717, 1.165) is 0 Å². The molecule has 0 atom stereocenters. The molecule has 0 bridgehead atoms. The number of alkyl halides is 3. The molecule has 1 amide bonds. The highest BCUT2D eigenvalue weighted by atomic mass is 79.9. The van der Waals surface area contributed by atoms with Crippen LogP contribution in [0.4, 0.5) is 19.0 Å². The molecule has 112 valence electrons. The monoisotopic (exact) mass is 355 g/mol. The van der Waals surface area contributed by atoms with Crippen molar-refractivity contribution in [3.63, 3.8) is 0 Å². The van der Waals surface area contributed by atoms with Crippen LogP contribution in [0.3, 0.4) is 0 Å². The van der Waals surface area contributed by atoms with Crippen LogP contribution in [0.25, 0.3) is 0 Å². The minimum absolute atomic E-state index is 0.000394. The van der Waals surface area contributed by atoms with Gasteiger partial charge in [0.15, 0.2) is 0 Å². The summed E-state index contributed by atoms with van der Waals surface area (Å²) < 4.78 is 37.8. The van der Waals surface area contributed by atoms with E-state index in [1.807, 2.05) is 0 Å². The molecule has 1 aromatic rings. The van der Waals surface area contributed by atoms with Crippen molar-refractivity contribution in [2.75, 3.05) is 32.1 Å². The van der Waals surface area contributed by atoms with Gasteiger partial charge in [-0.2, -0.15) is 13.2 Å². The zero-order chi connectivity index (χ0) is 15.3. The lowest BCUT2D eigenvalue weighted by molar-refractivity contribution is -0.141. The molecule has 2 N–H and O–H groups in total. The van der Waals surface area contributed by atoms with Crippen molar-refractivity contribution in [2.45, 2.75) is 6.18 Å². The predicted molar refractivity (Wildman–Crippen MR) is 70.5 cm³/mol. The standard InChI is InChI=1S/C11H13BrF3N3O2/c1-16-9-8(4-7(12)5-17-9)10(20)18(2-3-19)6-11(13,14)15/h4-5,19H,2-3,6H2,1H3,(H,16,17). The van der Waals surface area contributed by atoms with E-state index in [4.69, 9.17) is 5.11 Å². The van der Waals surface area contributed by atoms with Gasteiger partial charge in [0.1, 0.15) is 12.4 Å². The average molecular weight is 356 g/mol. The lowest BCUT2D eigenvalue weighted by Crippen LogP contribution is -2.41. The third-order valence-electron chi connectivity index (χ3n) is 2.35. The van der Waals surface area contributed by atoms with Gasteiger partial charge < -0.3 is 15.3 Å². The first kappa shape index (κ1) is 16.7. The number of halogens is 4. The largest absolute Gasteiger partial charge is 0.406 e. The van der Waals surface area contributed by atoms with Gasteiger partial charge in [-0.25, -0.2) is 4.98 Å². The SMILES string of the molecule is CNc1ncc(Br)cc1C(=O)N(CCO)CC(F)(F)F. The highest BCUT2D eigenvalue weighted by Crippen LogP contribution is 2.22. The van der Waals surface area contributed by atoms with Crippen molar-refractivity contribution >= 4 is 27.7 Å². The molecule has 5 nitrogen and oxygen atoms in total. The predicted octanol–water partition coefficient (Wildman–Crippen LogP) is 1.88. The Balaban J connectivity index is 3.08. The zero-order valence-electron chi connectivity index (χ0n) is 10.5. The molecule has 9 heteroatoms. The maximum Gasteiger partial charge on any atom is 0.406 e. The molecule has 0 aliphatic rings. The highest BCUT2D eigenvalue weighted by molar-refractivity contribution is 9.10. The van der Waals surface area contributed by atoms with Gasteiger partial charge in [0, 0.05) is 24.3 Å². The summed E-state index contributed by atoms with van der Waals surface area (Å²) in [5, 5.41) is 11.4. The van der Waals surface area contributed by atoms with E-state index in [1.54, 1.807) is 0 Å². The maximum absolute atomic E-state index is 12.5. The molecule has 1 rings (SSSR count). The molecule has 0 spiro atoms. The number of nitrogens with one attached hydrogen (secondary N) is 1. The van der Waals surface area contributed by atoms with Gasteiger partial charge in [0.05, 0.1) is 12.2 Å². The first-order chi connectivity index (χ1) is 9.28. The van der Waals surface area contributed by atoms with E-state index in [0.29, 0.717) is 9.37 Å². The lowest BCUT2D eigenvalue weighted by atomic mass is 10.2. The molecule has 0 aliphatic carbocycles. The molecule has 1 heterocycles. The van der Waals surface area contributed by atoms with Crippen LogP contribution in [0.15, 0.2) is 16.7 Å². The number of rotatable bonds is 5. The first-order valence-electron chi connectivity index (χ1n) is 5.58. The van der Waals surface area contributed by atoms with Gasteiger partial charge in [-0.15, -0.1) is 0 Å². The van der Waals surface area contributed by atoms with Crippen LogP contribution >= 0.6 is 15.9 Å². The van der Waals surface area contributed by atoms with Gasteiger partial charge in [-0.3, -0.25) is 4.79 Å². The quantitative estimate of drug-likeness (QED) is 0.846. The molecular formula is C11H13BrF3N3O2. The first-order valence-corrected chi connectivity index (χ1v) is 6.38. The number of nitrogens with zero attached hydrogens (tertiary/aromatic N) is 2. The van der Waals surface area contributed by atoms with E-state index in [-0.39, 0.29) is 11.4 Å². The summed E-state index contributed by atoms with van der Waals surface area (Å²) in [6.45, 7) is -2.39. The summed E-state index contributed by atoms with van der Waals surface area (Å²) in [5.41, 5.74) is -0.000394. The fourth-order valence-corrected chi connectivity index (χ4v) is 1.89. The van der Waals surface area contributed by atoms with E-state index in [1.165, 1.54) is 19.3 Å². The van der Waals surface area contributed by atoms with Crippen LogP contribution in [0.1, 0.15) is 10.4 Å². The average Bonchev–Trinajstić information content (AvgIpc) is 2.36. The van der Waals surface area contributed by atoms with Crippen LogP contribution in [-0.4, -0.2) is 53.8 Å². The second-order valence-corrected chi connectivity index (χ2v) is 4.78. The summed E-state index contributed by atoms with van der Waals surface area (Å²) in [6.07, 6.45) is -3.12. The Bertz CT molecular complexity index is 482. The third kappa shape index (κ3) is 4.64. The number of hydrogen-bond donors (Lipinski definition) is 2. The van der Waals surface area contributed by atoms with Crippen molar-refractivity contribution in [2.24, 2.45) is 0 Å². The summed E-state index contributed by atoms with van der Waals surface area (Å²) in [7, 11) is 1.51. The van der Waals surface area contributed by atoms with E-state index in [9.17, 15) is 18.0 Å². The molecule has 0 aromatic carbocycles. The molecule has 0 fully saturated rings. The highest BCUT2D eigenvalue weighted by Gasteiger charge is 2.33. The molecule has 0 radical (unpaired) electrons. The van der Waals surface area contributed by atoms with Crippen molar-refractivity contribution in [3.05, 3.63) is 22.3 Å². The molecule has 0 saturated heterocycles. The van der Waals surface area contributed by atoms with Crippen molar-refractivity contribution in [1.29, 1.82) is 0 Å². The molecule has 0 aliphatic heterocycles. The van der Waals surface area contributed by atoms with Crippen LogP contribution in [0, 0.1) is 0 Å². The van der Waals surface area contributed by atoms with Crippen molar-refractivity contribution in [1.82, 2.24) is 9.88 Å². The second-order valence-electron chi connectivity index (χ2n) is 3.87. The summed E-state index contributed by atoms with van der Waals surface area (Å²) in [5.74, 6) is -0.683. The topological polar surface area (TPSA) is 65.5 Å². The second kappa shape index (κ2) is 6.89. The molecule has 0 unspecified atom stereocenters. The van der Waals surface area contributed by atoms with Crippen LogP contribution in [0.2, 0.25) is 0 Å². The molecular weight excluding hydrogens is 343 g/mol. The molecule has 0 saturated carbocycles. The fourth-order valence-electron chi connectivity index (χ4n) is 1.56. The molecule has 20 heavy (non-hydrogen) atoms. The fraction of sp³-hybridized carbons (Fsp3) is 0.455. The van der Waals surface area contributed by atoms with Crippen LogP contribution in [0.5, 0.6) is 0 Å². The zero-order valence-corrected chi connectivity index (χ0v) is 12.1. The summed E-state index contributed by atoms with van der Waals surface area (Å²) >= 11 is 3.11. The Morgan fingerprint density at radius 3 is 2.70 bits per heavy atom. The Morgan fingerprint density at radius 2 is 2.20 bits per heavy atom. The number of anilines is 1. The Kier molecular flexibility index (Phi) is 5.75. The van der Waals surface area contributed by atoms with Gasteiger partial charge in [-0.05, 0) is 22.0 Å². The maximum atomic E-state index is 12.5. The van der Waals surface area contributed by atoms with Crippen LogP contribution in [-0.2, 0) is 0 Å². The third-order valence-corrected chi connectivity index (χ3v) is 2.78. The summed E-state index contributed by atoms with van der Waals surface area (Å²) in [6, 6.07) is 1.38. The van der Waals surface area contributed by atoms with E-state index in [2.05, 4.69) is 26.2 Å². The summed E-state index contributed by atoms with van der Waals surface area (Å²) in [4.78, 5) is 16.6. The number of hydrogen-bond acceptors (Lipinski definition) is 4. The number of aliphatic hydroxyl groups is 1. The van der Waals surface area contributed by atoms with Crippen molar-refractivity contribution < 1.29 is 23.1 Å². The normalized spacial score (nSPS) is 11.3. The van der Waals surface area contributed by atoms with Crippen molar-refractivity contribution in [3.8, 4) is 0 Å². The minimum atomic E-state index is -4.54. The van der Waals surface area contributed by atoms with Gasteiger partial charge >= 0.3 is 6.18 Å². The van der Waals surface area contributed by atoms with Gasteiger partial charge in [0.25, 0.3) is 5.91 Å². The Hall–Kier alpha value is -1.35. The van der Waals surface area contributed by atoms with E-state index >= 15 is 0 Å². The number of aromatic nitrogens is 1. The van der Waals surface area contributed by atoms with Crippen LogP contribution < -0.4 is 5.32 Å². The van der Waals surface area contributed by atoms with E-state index < -0.39 is 31.8 Å².